The summed E-state index contributed by atoms with van der Waals surface area (Å²) in [7, 11) is 1.93. The Bertz CT molecular complexity index is 575. The molecule has 0 aromatic rings. The van der Waals surface area contributed by atoms with Crippen molar-refractivity contribution in [2.45, 2.75) is 52.1 Å². The monoisotopic (exact) mass is 363 g/mol. The van der Waals surface area contributed by atoms with Gasteiger partial charge in [0.1, 0.15) is 0 Å². The van der Waals surface area contributed by atoms with Crippen LogP contribution in [-0.2, 0) is 9.53 Å². The SMILES string of the molecule is CCOC(=O)N1CCC2(CC(N3C[C@@H]4[C@H](C3)[C@H]4C(=O)N(C)C(C)C)C2)C1. The quantitative estimate of drug-likeness (QED) is 0.767. The van der Waals surface area contributed by atoms with Crippen molar-refractivity contribution >= 4 is 12.0 Å². The van der Waals surface area contributed by atoms with Gasteiger partial charge in [-0.1, -0.05) is 0 Å². The fourth-order valence-electron chi connectivity index (χ4n) is 5.55. The van der Waals surface area contributed by atoms with E-state index in [1.165, 1.54) is 12.8 Å². The molecular weight excluding hydrogens is 330 g/mol. The minimum atomic E-state index is -0.147. The smallest absolute Gasteiger partial charge is 0.409 e. The van der Waals surface area contributed by atoms with Gasteiger partial charge in [-0.05, 0) is 57.3 Å². The van der Waals surface area contributed by atoms with Gasteiger partial charge in [-0.15, -0.1) is 0 Å². The number of carbonyl (C=O) groups is 2. The Morgan fingerprint density at radius 3 is 2.46 bits per heavy atom. The number of hydrogen-bond acceptors (Lipinski definition) is 4. The highest BCUT2D eigenvalue weighted by Gasteiger charge is 2.62. The van der Waals surface area contributed by atoms with Crippen LogP contribution in [0, 0.1) is 23.2 Å². The van der Waals surface area contributed by atoms with E-state index in [0.717, 1.165) is 32.6 Å². The van der Waals surface area contributed by atoms with E-state index in [-0.39, 0.29) is 18.1 Å². The number of piperidine rings is 1. The van der Waals surface area contributed by atoms with Crippen molar-refractivity contribution in [3.05, 3.63) is 0 Å². The molecule has 4 rings (SSSR count). The first-order valence-corrected chi connectivity index (χ1v) is 10.3. The summed E-state index contributed by atoms with van der Waals surface area (Å²) >= 11 is 0. The van der Waals surface area contributed by atoms with E-state index in [0.29, 0.717) is 35.8 Å². The first-order chi connectivity index (χ1) is 12.3. The van der Waals surface area contributed by atoms with Crippen LogP contribution in [0.3, 0.4) is 0 Å². The van der Waals surface area contributed by atoms with Crippen LogP contribution in [0.15, 0.2) is 0 Å². The highest BCUT2D eigenvalue weighted by molar-refractivity contribution is 5.82. The summed E-state index contributed by atoms with van der Waals surface area (Å²) < 4.78 is 5.15. The van der Waals surface area contributed by atoms with Gasteiger partial charge in [-0.25, -0.2) is 4.79 Å². The Morgan fingerprint density at radius 1 is 1.23 bits per heavy atom. The maximum atomic E-state index is 12.5. The van der Waals surface area contributed by atoms with E-state index >= 15 is 0 Å². The number of carbonyl (C=O) groups excluding carboxylic acids is 2. The molecule has 0 aromatic heterocycles. The molecule has 2 heterocycles. The predicted octanol–water partition coefficient (Wildman–Crippen LogP) is 2.04. The second-order valence-corrected chi connectivity index (χ2v) is 9.28. The third-order valence-corrected chi connectivity index (χ3v) is 7.45. The summed E-state index contributed by atoms with van der Waals surface area (Å²) in [5.41, 5.74) is 0.331. The topological polar surface area (TPSA) is 53.1 Å². The lowest BCUT2D eigenvalue weighted by atomic mass is 9.64. The first-order valence-electron chi connectivity index (χ1n) is 10.3. The molecule has 0 radical (unpaired) electrons. The van der Waals surface area contributed by atoms with Crippen LogP contribution in [0.4, 0.5) is 4.79 Å². The second kappa shape index (κ2) is 6.39. The fraction of sp³-hybridized carbons (Fsp3) is 0.900. The molecule has 2 saturated carbocycles. The number of rotatable bonds is 4. The summed E-state index contributed by atoms with van der Waals surface area (Å²) in [6.07, 6.45) is 3.37. The normalized spacial score (nSPS) is 38.4. The molecule has 0 unspecified atom stereocenters. The van der Waals surface area contributed by atoms with Crippen molar-refractivity contribution in [2.75, 3.05) is 39.8 Å². The second-order valence-electron chi connectivity index (χ2n) is 9.28. The molecular formula is C20H33N3O3. The van der Waals surface area contributed by atoms with Crippen molar-refractivity contribution in [1.82, 2.24) is 14.7 Å². The standard InChI is InChI=1S/C20H33N3O3/c1-5-26-19(25)22-7-6-20(12-22)8-14(9-20)23-10-15-16(11-23)17(15)18(24)21(4)13(2)3/h13-17H,5-12H2,1-4H3/t14?,15-,16+,17+,20?. The van der Waals surface area contributed by atoms with E-state index in [9.17, 15) is 9.59 Å². The number of ether oxygens (including phenoxy) is 1. The molecule has 2 aliphatic heterocycles. The van der Waals surface area contributed by atoms with E-state index in [1.54, 1.807) is 0 Å². The number of fused-ring (bicyclic) bond motifs is 1. The molecule has 4 fully saturated rings. The third kappa shape index (κ3) is 2.90. The summed E-state index contributed by atoms with van der Waals surface area (Å²) in [4.78, 5) is 30.9. The fourth-order valence-corrected chi connectivity index (χ4v) is 5.55. The van der Waals surface area contributed by atoms with Gasteiger partial charge >= 0.3 is 6.09 Å². The molecule has 2 saturated heterocycles. The first kappa shape index (κ1) is 18.1. The number of hydrogen-bond donors (Lipinski definition) is 0. The van der Waals surface area contributed by atoms with E-state index in [4.69, 9.17) is 4.74 Å². The van der Waals surface area contributed by atoms with Gasteiger partial charge in [0.2, 0.25) is 5.91 Å². The van der Waals surface area contributed by atoms with Gasteiger partial charge in [0.05, 0.1) is 6.61 Å². The Kier molecular flexibility index (Phi) is 4.45. The Labute approximate surface area is 156 Å². The molecule has 2 aliphatic carbocycles. The zero-order valence-corrected chi connectivity index (χ0v) is 16.6. The van der Waals surface area contributed by atoms with Gasteiger partial charge in [-0.2, -0.15) is 0 Å². The highest BCUT2D eigenvalue weighted by atomic mass is 16.6. The molecule has 6 nitrogen and oxygen atoms in total. The zero-order chi connectivity index (χ0) is 18.6. The highest BCUT2D eigenvalue weighted by Crippen LogP contribution is 2.57. The van der Waals surface area contributed by atoms with Crippen LogP contribution in [0.2, 0.25) is 0 Å². The van der Waals surface area contributed by atoms with Gasteiger partial charge in [0.15, 0.2) is 0 Å². The Balaban J connectivity index is 1.23. The zero-order valence-electron chi connectivity index (χ0n) is 16.6. The Hall–Kier alpha value is -1.30. The van der Waals surface area contributed by atoms with Crippen molar-refractivity contribution in [1.29, 1.82) is 0 Å². The molecule has 2 amide bonds. The van der Waals surface area contributed by atoms with Crippen LogP contribution in [0.25, 0.3) is 0 Å². The molecule has 1 spiro atoms. The third-order valence-electron chi connectivity index (χ3n) is 7.45. The van der Waals surface area contributed by atoms with Gasteiger partial charge in [0.25, 0.3) is 0 Å². The maximum Gasteiger partial charge on any atom is 0.409 e. The van der Waals surface area contributed by atoms with Crippen LogP contribution >= 0.6 is 0 Å². The van der Waals surface area contributed by atoms with Gasteiger partial charge in [0, 0.05) is 51.2 Å². The predicted molar refractivity (Wildman–Crippen MR) is 98.6 cm³/mol. The molecule has 146 valence electrons. The van der Waals surface area contributed by atoms with E-state index in [1.807, 2.05) is 23.8 Å². The van der Waals surface area contributed by atoms with Crippen LogP contribution in [0.5, 0.6) is 0 Å². The van der Waals surface area contributed by atoms with Crippen LogP contribution in [-0.4, -0.2) is 78.6 Å². The average molecular weight is 364 g/mol. The van der Waals surface area contributed by atoms with Crippen molar-refractivity contribution < 1.29 is 14.3 Å². The largest absolute Gasteiger partial charge is 0.450 e. The summed E-state index contributed by atoms with van der Waals surface area (Å²) in [6, 6.07) is 0.944. The molecule has 4 aliphatic rings. The molecule has 6 heteroatoms. The van der Waals surface area contributed by atoms with Crippen LogP contribution < -0.4 is 0 Å². The van der Waals surface area contributed by atoms with E-state index < -0.39 is 0 Å². The molecule has 0 aromatic carbocycles. The Morgan fingerprint density at radius 2 is 1.88 bits per heavy atom. The molecule has 26 heavy (non-hydrogen) atoms. The summed E-state index contributed by atoms with van der Waals surface area (Å²) in [5, 5.41) is 0. The number of nitrogens with zero attached hydrogens (tertiary/aromatic N) is 3. The van der Waals surface area contributed by atoms with Crippen molar-refractivity contribution in [3.63, 3.8) is 0 Å². The molecule has 3 atom stereocenters. The summed E-state index contributed by atoms with van der Waals surface area (Å²) in [6.45, 7) is 10.4. The van der Waals surface area contributed by atoms with Crippen LogP contribution in [0.1, 0.15) is 40.0 Å². The lowest BCUT2D eigenvalue weighted by molar-refractivity contribution is -0.134. The summed E-state index contributed by atoms with van der Waals surface area (Å²) in [5.74, 6) is 1.79. The average Bonchev–Trinajstić information content (AvgIpc) is 2.95. The molecule has 0 bridgehead atoms. The molecule has 0 N–H and O–H groups in total. The minimum Gasteiger partial charge on any atom is -0.450 e. The van der Waals surface area contributed by atoms with Crippen molar-refractivity contribution in [2.24, 2.45) is 23.2 Å². The lowest BCUT2D eigenvalue weighted by Gasteiger charge is -2.49. The van der Waals surface area contributed by atoms with Gasteiger partial charge < -0.3 is 14.5 Å². The van der Waals surface area contributed by atoms with Crippen molar-refractivity contribution in [3.8, 4) is 0 Å². The maximum absolute atomic E-state index is 12.5. The number of likely N-dealkylation sites (tertiary alicyclic amines) is 2. The number of amides is 2. The van der Waals surface area contributed by atoms with Gasteiger partial charge in [-0.3, -0.25) is 9.69 Å². The lowest BCUT2D eigenvalue weighted by Crippen LogP contribution is -2.52. The minimum absolute atomic E-state index is 0.147. The van der Waals surface area contributed by atoms with E-state index in [2.05, 4.69) is 18.7 Å².